The zero-order chi connectivity index (χ0) is 12.4. The highest BCUT2D eigenvalue weighted by molar-refractivity contribution is 7.18. The molecule has 17 heavy (non-hydrogen) atoms. The number of aryl methyl sites for hydroxylation is 1. The van der Waals surface area contributed by atoms with Crippen molar-refractivity contribution in [3.63, 3.8) is 0 Å². The SMILES string of the molecule is Cc1cc2c(NC(C)CCO)nc(Cl)nc2s1. The topological polar surface area (TPSA) is 58.0 Å². The summed E-state index contributed by atoms with van der Waals surface area (Å²) in [5.41, 5.74) is 0. The molecule has 0 radical (unpaired) electrons. The van der Waals surface area contributed by atoms with Gasteiger partial charge in [0.05, 0.1) is 5.39 Å². The molecule has 2 aromatic heterocycles. The number of nitrogens with zero attached hydrogens (tertiary/aromatic N) is 2. The Morgan fingerprint density at radius 1 is 1.53 bits per heavy atom. The fraction of sp³-hybridized carbons (Fsp3) is 0.455. The average molecular weight is 272 g/mol. The Hall–Kier alpha value is -0.910. The van der Waals surface area contributed by atoms with Crippen LogP contribution in [-0.4, -0.2) is 27.7 Å². The van der Waals surface area contributed by atoms with Crippen LogP contribution in [0.2, 0.25) is 5.28 Å². The molecule has 0 spiro atoms. The maximum absolute atomic E-state index is 8.89. The summed E-state index contributed by atoms with van der Waals surface area (Å²) in [5.74, 6) is 0.741. The monoisotopic (exact) mass is 271 g/mol. The van der Waals surface area contributed by atoms with Crippen molar-refractivity contribution < 1.29 is 5.11 Å². The summed E-state index contributed by atoms with van der Waals surface area (Å²) in [5, 5.41) is 13.4. The number of aliphatic hydroxyl groups excluding tert-OH is 1. The van der Waals surface area contributed by atoms with Gasteiger partial charge in [0.2, 0.25) is 5.28 Å². The molecule has 2 aromatic rings. The molecule has 1 unspecified atom stereocenters. The summed E-state index contributed by atoms with van der Waals surface area (Å²) in [6.45, 7) is 4.18. The Kier molecular flexibility index (Phi) is 3.81. The summed E-state index contributed by atoms with van der Waals surface area (Å²) in [6, 6.07) is 2.19. The second-order valence-corrected chi connectivity index (χ2v) is 5.55. The third-order valence-corrected chi connectivity index (χ3v) is 3.55. The molecule has 4 nitrogen and oxygen atoms in total. The number of nitrogens with one attached hydrogen (secondary N) is 1. The molecular formula is C11H14ClN3OS. The number of rotatable bonds is 4. The molecule has 0 saturated heterocycles. The fourth-order valence-electron chi connectivity index (χ4n) is 1.63. The first-order valence-corrected chi connectivity index (χ1v) is 6.60. The van der Waals surface area contributed by atoms with Crippen LogP contribution in [0.5, 0.6) is 0 Å². The number of hydrogen-bond acceptors (Lipinski definition) is 5. The minimum atomic E-state index is 0.148. The quantitative estimate of drug-likeness (QED) is 0.840. The van der Waals surface area contributed by atoms with Gasteiger partial charge in [0.25, 0.3) is 0 Å². The van der Waals surface area contributed by atoms with E-state index in [0.717, 1.165) is 16.0 Å². The van der Waals surface area contributed by atoms with Gasteiger partial charge in [0.15, 0.2) is 0 Å². The molecule has 0 amide bonds. The molecule has 92 valence electrons. The van der Waals surface area contributed by atoms with Crippen LogP contribution in [0.1, 0.15) is 18.2 Å². The molecule has 0 aliphatic rings. The minimum absolute atomic E-state index is 0.148. The van der Waals surface area contributed by atoms with E-state index in [1.807, 2.05) is 19.9 Å². The lowest BCUT2D eigenvalue weighted by atomic mass is 10.2. The van der Waals surface area contributed by atoms with E-state index in [9.17, 15) is 0 Å². The Bertz CT molecular complexity index is 529. The standard InChI is InChI=1S/C11H14ClN3OS/c1-6(3-4-16)13-9-8-5-7(2)17-10(8)15-11(12)14-9/h5-6,16H,3-4H2,1-2H3,(H,13,14,15). The maximum Gasteiger partial charge on any atom is 0.225 e. The van der Waals surface area contributed by atoms with E-state index in [4.69, 9.17) is 16.7 Å². The summed E-state index contributed by atoms with van der Waals surface area (Å²) < 4.78 is 0. The smallest absolute Gasteiger partial charge is 0.225 e. The fourth-order valence-corrected chi connectivity index (χ4v) is 2.72. The van der Waals surface area contributed by atoms with Crippen LogP contribution < -0.4 is 5.32 Å². The summed E-state index contributed by atoms with van der Waals surface area (Å²) in [7, 11) is 0. The highest BCUT2D eigenvalue weighted by Gasteiger charge is 2.11. The van der Waals surface area contributed by atoms with E-state index >= 15 is 0 Å². The number of fused-ring (bicyclic) bond motifs is 1. The molecule has 1 atom stereocenters. The lowest BCUT2D eigenvalue weighted by Gasteiger charge is -2.13. The lowest BCUT2D eigenvalue weighted by molar-refractivity contribution is 0.282. The summed E-state index contributed by atoms with van der Waals surface area (Å²) in [4.78, 5) is 10.5. The zero-order valence-corrected chi connectivity index (χ0v) is 11.3. The van der Waals surface area contributed by atoms with Gasteiger partial charge in [-0.2, -0.15) is 0 Å². The first-order valence-electron chi connectivity index (χ1n) is 5.41. The number of aliphatic hydroxyl groups is 1. The average Bonchev–Trinajstić information content (AvgIpc) is 2.58. The molecule has 0 aliphatic carbocycles. The number of halogens is 1. The first-order chi connectivity index (χ1) is 8.10. The molecule has 0 bridgehead atoms. The number of aromatic nitrogens is 2. The largest absolute Gasteiger partial charge is 0.396 e. The van der Waals surface area contributed by atoms with Crippen molar-refractivity contribution in [2.24, 2.45) is 0 Å². The Labute approximate surface area is 109 Å². The number of thiophene rings is 1. The van der Waals surface area contributed by atoms with Crippen molar-refractivity contribution in [3.05, 3.63) is 16.2 Å². The van der Waals surface area contributed by atoms with E-state index in [1.54, 1.807) is 11.3 Å². The Balaban J connectivity index is 2.37. The molecule has 0 fully saturated rings. The van der Waals surface area contributed by atoms with Crippen LogP contribution in [0.25, 0.3) is 10.2 Å². The zero-order valence-electron chi connectivity index (χ0n) is 9.70. The van der Waals surface area contributed by atoms with E-state index < -0.39 is 0 Å². The maximum atomic E-state index is 8.89. The first kappa shape index (κ1) is 12.5. The van der Waals surface area contributed by atoms with Crippen molar-refractivity contribution in [2.75, 3.05) is 11.9 Å². The van der Waals surface area contributed by atoms with Crippen LogP contribution in [0, 0.1) is 6.92 Å². The van der Waals surface area contributed by atoms with Crippen molar-refractivity contribution >= 4 is 39.0 Å². The van der Waals surface area contributed by atoms with Gasteiger partial charge in [0.1, 0.15) is 10.6 Å². The van der Waals surface area contributed by atoms with E-state index in [0.29, 0.717) is 6.42 Å². The van der Waals surface area contributed by atoms with Gasteiger partial charge in [-0.15, -0.1) is 11.3 Å². The molecule has 6 heteroatoms. The van der Waals surface area contributed by atoms with E-state index in [2.05, 4.69) is 15.3 Å². The number of hydrogen-bond donors (Lipinski definition) is 2. The molecule has 2 rings (SSSR count). The molecular weight excluding hydrogens is 258 g/mol. The van der Waals surface area contributed by atoms with E-state index in [1.165, 1.54) is 4.88 Å². The van der Waals surface area contributed by atoms with Crippen LogP contribution in [0.3, 0.4) is 0 Å². The molecule has 2 N–H and O–H groups in total. The summed E-state index contributed by atoms with van der Waals surface area (Å²) >= 11 is 7.48. The van der Waals surface area contributed by atoms with Gasteiger partial charge in [-0.3, -0.25) is 0 Å². The van der Waals surface area contributed by atoms with Gasteiger partial charge in [-0.05, 0) is 37.9 Å². The van der Waals surface area contributed by atoms with Gasteiger partial charge in [-0.1, -0.05) is 0 Å². The third kappa shape index (κ3) is 2.86. The second-order valence-electron chi connectivity index (χ2n) is 3.97. The molecule has 0 aromatic carbocycles. The number of anilines is 1. The summed E-state index contributed by atoms with van der Waals surface area (Å²) in [6.07, 6.45) is 0.673. The minimum Gasteiger partial charge on any atom is -0.396 e. The van der Waals surface area contributed by atoms with Crippen LogP contribution in [-0.2, 0) is 0 Å². The predicted octanol–water partition coefficient (Wildman–Crippen LogP) is 2.84. The predicted molar refractivity (Wildman–Crippen MR) is 71.9 cm³/mol. The van der Waals surface area contributed by atoms with Crippen molar-refractivity contribution in [3.8, 4) is 0 Å². The highest BCUT2D eigenvalue weighted by Crippen LogP contribution is 2.29. The lowest BCUT2D eigenvalue weighted by Crippen LogP contribution is -2.17. The second kappa shape index (κ2) is 5.16. The van der Waals surface area contributed by atoms with Gasteiger partial charge >= 0.3 is 0 Å². The van der Waals surface area contributed by atoms with Gasteiger partial charge < -0.3 is 10.4 Å². The van der Waals surface area contributed by atoms with E-state index in [-0.39, 0.29) is 17.9 Å². The van der Waals surface area contributed by atoms with Gasteiger partial charge in [0, 0.05) is 17.5 Å². The Morgan fingerprint density at radius 3 is 3.00 bits per heavy atom. The van der Waals surface area contributed by atoms with Crippen molar-refractivity contribution in [2.45, 2.75) is 26.3 Å². The Morgan fingerprint density at radius 2 is 2.29 bits per heavy atom. The van der Waals surface area contributed by atoms with Crippen LogP contribution >= 0.6 is 22.9 Å². The molecule has 2 heterocycles. The molecule has 0 saturated carbocycles. The third-order valence-electron chi connectivity index (χ3n) is 2.43. The van der Waals surface area contributed by atoms with Crippen LogP contribution in [0.4, 0.5) is 5.82 Å². The van der Waals surface area contributed by atoms with Crippen molar-refractivity contribution in [1.82, 2.24) is 9.97 Å². The molecule has 0 aliphatic heterocycles. The van der Waals surface area contributed by atoms with Crippen LogP contribution in [0.15, 0.2) is 6.07 Å². The highest BCUT2D eigenvalue weighted by atomic mass is 35.5. The van der Waals surface area contributed by atoms with Crippen molar-refractivity contribution in [1.29, 1.82) is 0 Å². The van der Waals surface area contributed by atoms with Gasteiger partial charge in [-0.25, -0.2) is 9.97 Å². The normalized spacial score (nSPS) is 12.9.